The third-order valence-corrected chi connectivity index (χ3v) is 2.55. The number of cyclic esters (lactones) is 1. The topological polar surface area (TPSA) is 29.3 Å². The van der Waals surface area contributed by atoms with E-state index >= 15 is 0 Å². The summed E-state index contributed by atoms with van der Waals surface area (Å²) in [6, 6.07) is 0.295. The highest BCUT2D eigenvalue weighted by Gasteiger charge is 2.58. The van der Waals surface area contributed by atoms with Gasteiger partial charge >= 0.3 is 6.09 Å². The summed E-state index contributed by atoms with van der Waals surface area (Å²) in [6.45, 7) is 6.72. The first kappa shape index (κ1) is 7.65. The molecule has 2 rings (SSSR count). The first-order valence-corrected chi connectivity index (χ1v) is 4.20. The van der Waals surface area contributed by atoms with Gasteiger partial charge in [-0.15, -0.1) is 0 Å². The van der Waals surface area contributed by atoms with Gasteiger partial charge in [0.15, 0.2) is 0 Å². The molecule has 2 fully saturated rings. The molecule has 2 aliphatic heterocycles. The maximum Gasteiger partial charge on any atom is 0.414 e. The maximum absolute atomic E-state index is 11.2. The van der Waals surface area contributed by atoms with Crippen molar-refractivity contribution in [3.05, 3.63) is 11.8 Å². The average molecular weight is 167 g/mol. The minimum atomic E-state index is -0.188. The largest absolute Gasteiger partial charge is 0.448 e. The molecule has 0 radical (unpaired) electrons. The van der Waals surface area contributed by atoms with Crippen LogP contribution in [0.2, 0.25) is 0 Å². The van der Waals surface area contributed by atoms with Crippen molar-refractivity contribution in [3.63, 3.8) is 0 Å². The molecular weight excluding hydrogens is 154 g/mol. The number of amides is 1. The number of rotatable bonds is 0. The molecular formula is C9H13NO2. The van der Waals surface area contributed by atoms with E-state index in [0.717, 1.165) is 5.70 Å². The lowest BCUT2D eigenvalue weighted by atomic mass is 9.89. The molecule has 0 N–H and O–H groups in total. The van der Waals surface area contributed by atoms with Gasteiger partial charge in [-0.25, -0.2) is 4.79 Å². The van der Waals surface area contributed by atoms with Gasteiger partial charge in [-0.2, -0.15) is 0 Å². The van der Waals surface area contributed by atoms with Crippen molar-refractivity contribution >= 4 is 6.09 Å². The van der Waals surface area contributed by atoms with Crippen LogP contribution in [0.3, 0.4) is 0 Å². The maximum atomic E-state index is 11.2. The van der Waals surface area contributed by atoms with Crippen LogP contribution in [0.4, 0.5) is 4.79 Å². The number of carbonyl (C=O) groups excluding carboxylic acids is 1. The van der Waals surface area contributed by atoms with Gasteiger partial charge in [0.05, 0.1) is 6.04 Å². The number of hydrogen-bond donors (Lipinski definition) is 0. The van der Waals surface area contributed by atoms with Gasteiger partial charge in [0.2, 0.25) is 0 Å². The number of ether oxygens (including phenoxy) is 1. The van der Waals surface area contributed by atoms with Crippen LogP contribution in [0.15, 0.2) is 11.8 Å². The van der Waals surface area contributed by atoms with E-state index in [1.165, 1.54) is 0 Å². The summed E-state index contributed by atoms with van der Waals surface area (Å²) in [5, 5.41) is 0. The van der Waals surface area contributed by atoms with Crippen LogP contribution in [-0.4, -0.2) is 23.6 Å². The van der Waals surface area contributed by atoms with Crippen LogP contribution in [0.1, 0.15) is 20.8 Å². The summed E-state index contributed by atoms with van der Waals surface area (Å²) in [7, 11) is 0. The zero-order valence-corrected chi connectivity index (χ0v) is 7.63. The molecule has 0 saturated carbocycles. The Balaban J connectivity index is 2.29. The average Bonchev–Trinajstić information content (AvgIpc) is 2.73. The van der Waals surface area contributed by atoms with Gasteiger partial charge in [0.25, 0.3) is 0 Å². The summed E-state index contributed by atoms with van der Waals surface area (Å²) in [5.74, 6) is 0. The Morgan fingerprint density at radius 2 is 2.33 bits per heavy atom. The third kappa shape index (κ3) is 0.792. The lowest BCUT2D eigenvalue weighted by molar-refractivity contribution is 0.0498. The van der Waals surface area contributed by atoms with Crippen LogP contribution >= 0.6 is 0 Å². The lowest BCUT2D eigenvalue weighted by Gasteiger charge is -2.27. The Hall–Kier alpha value is -0.990. The standard InChI is InChI=1S/C9H13NO2/c1-4-6-7-9(2,3)5-12-8(11)10(6)7/h4,7H,5H2,1-3H3/b6-4-. The van der Waals surface area contributed by atoms with Crippen molar-refractivity contribution in [1.29, 1.82) is 0 Å². The Morgan fingerprint density at radius 3 is 2.83 bits per heavy atom. The normalized spacial score (nSPS) is 34.6. The number of hydrogen-bond acceptors (Lipinski definition) is 2. The fourth-order valence-corrected chi connectivity index (χ4v) is 1.86. The van der Waals surface area contributed by atoms with E-state index in [0.29, 0.717) is 12.6 Å². The highest BCUT2D eigenvalue weighted by Crippen LogP contribution is 2.48. The molecule has 0 aromatic rings. The molecule has 1 unspecified atom stereocenters. The van der Waals surface area contributed by atoms with E-state index in [-0.39, 0.29) is 11.5 Å². The number of allylic oxidation sites excluding steroid dienone is 1. The molecule has 2 saturated heterocycles. The van der Waals surface area contributed by atoms with Crippen molar-refractivity contribution in [2.45, 2.75) is 26.8 Å². The minimum Gasteiger partial charge on any atom is -0.448 e. The summed E-state index contributed by atoms with van der Waals surface area (Å²) < 4.78 is 5.03. The van der Waals surface area contributed by atoms with Crippen molar-refractivity contribution in [2.75, 3.05) is 6.61 Å². The molecule has 3 heteroatoms. The SMILES string of the molecule is C/C=C1/C2N1C(=O)OCC2(C)C. The molecule has 0 aliphatic carbocycles. The molecule has 2 aliphatic rings. The molecule has 1 amide bonds. The molecule has 1 atom stereocenters. The van der Waals surface area contributed by atoms with E-state index in [4.69, 9.17) is 4.74 Å². The molecule has 66 valence electrons. The molecule has 12 heavy (non-hydrogen) atoms. The zero-order chi connectivity index (χ0) is 8.93. The third-order valence-electron chi connectivity index (χ3n) is 2.55. The highest BCUT2D eigenvalue weighted by molar-refractivity contribution is 5.78. The van der Waals surface area contributed by atoms with Crippen molar-refractivity contribution in [3.8, 4) is 0 Å². The van der Waals surface area contributed by atoms with Crippen molar-refractivity contribution in [2.24, 2.45) is 5.41 Å². The van der Waals surface area contributed by atoms with E-state index in [1.807, 2.05) is 13.0 Å². The van der Waals surface area contributed by atoms with E-state index < -0.39 is 0 Å². The lowest BCUT2D eigenvalue weighted by Crippen LogP contribution is -2.37. The summed E-state index contributed by atoms with van der Waals surface area (Å²) in [6.07, 6.45) is 1.80. The number of nitrogens with zero attached hydrogens (tertiary/aromatic N) is 1. The fourth-order valence-electron chi connectivity index (χ4n) is 1.86. The Labute approximate surface area is 72.0 Å². The van der Waals surface area contributed by atoms with Gasteiger partial charge in [-0.05, 0) is 6.92 Å². The first-order chi connectivity index (χ1) is 5.58. The second kappa shape index (κ2) is 2.03. The van der Waals surface area contributed by atoms with Crippen molar-refractivity contribution < 1.29 is 9.53 Å². The first-order valence-electron chi connectivity index (χ1n) is 4.20. The molecule has 0 bridgehead atoms. The monoisotopic (exact) mass is 167 g/mol. The Kier molecular flexibility index (Phi) is 1.29. The number of fused-ring (bicyclic) bond motifs is 1. The van der Waals surface area contributed by atoms with Gasteiger partial charge in [0.1, 0.15) is 6.61 Å². The molecule has 3 nitrogen and oxygen atoms in total. The fraction of sp³-hybridized carbons (Fsp3) is 0.667. The van der Waals surface area contributed by atoms with Crippen LogP contribution in [0, 0.1) is 5.41 Å². The van der Waals surface area contributed by atoms with Crippen LogP contribution < -0.4 is 0 Å². The number of carbonyl (C=O) groups is 1. The summed E-state index contributed by atoms with van der Waals surface area (Å²) >= 11 is 0. The van der Waals surface area contributed by atoms with Gasteiger partial charge in [-0.1, -0.05) is 19.9 Å². The van der Waals surface area contributed by atoms with E-state index in [9.17, 15) is 4.79 Å². The second-order valence-corrected chi connectivity index (χ2v) is 4.03. The van der Waals surface area contributed by atoms with Gasteiger partial charge in [-0.3, -0.25) is 4.90 Å². The Morgan fingerprint density at radius 1 is 1.67 bits per heavy atom. The quantitative estimate of drug-likeness (QED) is 0.514. The minimum absolute atomic E-state index is 0.0791. The summed E-state index contributed by atoms with van der Waals surface area (Å²) in [4.78, 5) is 12.9. The molecule has 2 heterocycles. The smallest absolute Gasteiger partial charge is 0.414 e. The molecule has 0 aromatic carbocycles. The van der Waals surface area contributed by atoms with E-state index in [1.54, 1.807) is 4.90 Å². The van der Waals surface area contributed by atoms with Gasteiger partial charge in [0, 0.05) is 11.1 Å². The highest BCUT2D eigenvalue weighted by atomic mass is 16.6. The van der Waals surface area contributed by atoms with Crippen LogP contribution in [0.5, 0.6) is 0 Å². The predicted molar refractivity (Wildman–Crippen MR) is 44.5 cm³/mol. The summed E-state index contributed by atoms with van der Waals surface area (Å²) in [5.41, 5.74) is 1.19. The van der Waals surface area contributed by atoms with Crippen LogP contribution in [0.25, 0.3) is 0 Å². The Bertz CT molecular complexity index is 268. The van der Waals surface area contributed by atoms with Crippen molar-refractivity contribution in [1.82, 2.24) is 4.90 Å². The molecule has 0 aromatic heterocycles. The zero-order valence-electron chi connectivity index (χ0n) is 7.63. The predicted octanol–water partition coefficient (Wildman–Crippen LogP) is 1.75. The molecule has 0 spiro atoms. The second-order valence-electron chi connectivity index (χ2n) is 4.03. The van der Waals surface area contributed by atoms with Gasteiger partial charge < -0.3 is 4.74 Å². The van der Waals surface area contributed by atoms with Crippen LogP contribution in [-0.2, 0) is 4.74 Å². The van der Waals surface area contributed by atoms with E-state index in [2.05, 4.69) is 13.8 Å².